The Bertz CT molecular complexity index is 2060. The van der Waals surface area contributed by atoms with E-state index in [-0.39, 0.29) is 26.5 Å². The van der Waals surface area contributed by atoms with Gasteiger partial charge >= 0.3 is 246 Å². The van der Waals surface area contributed by atoms with E-state index in [0.29, 0.717) is 11.5 Å². The fourth-order valence-corrected chi connectivity index (χ4v) is 8.74. The van der Waals surface area contributed by atoms with Gasteiger partial charge in [-0.1, -0.05) is 24.3 Å². The average Bonchev–Trinajstić information content (AvgIpc) is 3.47. The maximum absolute atomic E-state index is 6.50. The zero-order valence-corrected chi connectivity index (χ0v) is 30.7. The van der Waals surface area contributed by atoms with Crippen molar-refractivity contribution in [3.8, 4) is 11.5 Å². The van der Waals surface area contributed by atoms with Crippen LogP contribution in [0.5, 0.6) is 11.5 Å². The normalized spacial score (nSPS) is 13.4. The van der Waals surface area contributed by atoms with E-state index in [2.05, 4.69) is 151 Å². The van der Waals surface area contributed by atoms with Gasteiger partial charge in [-0.25, -0.2) is 0 Å². The molecule has 0 bridgehead atoms. The molecular weight excluding hydrogens is 875 g/mol. The molecule has 5 aromatic carbocycles. The van der Waals surface area contributed by atoms with Crippen LogP contribution >= 0.6 is 0 Å². The Morgan fingerprint density at radius 2 is 1.38 bits per heavy atom. The van der Waals surface area contributed by atoms with Gasteiger partial charge in [-0.05, 0) is 12.1 Å². The number of aromatic nitrogens is 1. The summed E-state index contributed by atoms with van der Waals surface area (Å²) in [7, 11) is 0. The Morgan fingerprint density at radius 1 is 0.681 bits per heavy atom. The van der Waals surface area contributed by atoms with Crippen molar-refractivity contribution in [2.45, 2.75) is 26.2 Å². The standard InChI is InChI=1S/C40H31N4OTe.Pt/c1-40(2,3)28-22-23-41-39(24-28)44-35-18-9-10-19-37(35)46-38-21-20-32(26-36(38)44)45-31-15-11-14-30(25-31)43-27-42(29-12-5-4-6-13-29)33-16-7-8-17-34(33)43;/h4-24,27H,1-3H3;/q-3;. The van der Waals surface area contributed by atoms with Crippen molar-refractivity contribution in [2.24, 2.45) is 0 Å². The molecule has 2 aliphatic heterocycles. The maximum atomic E-state index is 6.50. The van der Waals surface area contributed by atoms with Gasteiger partial charge in [0, 0.05) is 21.1 Å². The molecule has 0 saturated carbocycles. The van der Waals surface area contributed by atoms with Crippen LogP contribution in [0.15, 0.2) is 128 Å². The molecule has 0 unspecified atom stereocenters. The predicted octanol–water partition coefficient (Wildman–Crippen LogP) is 8.62. The van der Waals surface area contributed by atoms with Crippen LogP contribution in [0.1, 0.15) is 26.3 Å². The Hall–Kier alpha value is -4.07. The van der Waals surface area contributed by atoms with Gasteiger partial charge in [0.1, 0.15) is 0 Å². The first kappa shape index (κ1) is 31.5. The summed E-state index contributed by atoms with van der Waals surface area (Å²) in [5, 5.41) is 0. The SMILES string of the molecule is CC(C)(C)c1ccnc(N2c3[c-]c(Oc4[c-]c(N5[CH-]N(c6ccccc6)c6ccccc65)ccc4)ccc3[Te]c3ccccc32)c1.[Pt]. The second kappa shape index (κ2) is 12.9. The van der Waals surface area contributed by atoms with E-state index in [9.17, 15) is 0 Å². The summed E-state index contributed by atoms with van der Waals surface area (Å²) in [4.78, 5) is 11.5. The van der Waals surface area contributed by atoms with Gasteiger partial charge in [-0.2, -0.15) is 0 Å². The number of hydrogen-bond donors (Lipinski definition) is 0. The van der Waals surface area contributed by atoms with Crippen LogP contribution in [0.2, 0.25) is 0 Å². The van der Waals surface area contributed by atoms with Gasteiger partial charge in [-0.15, -0.1) is 0 Å². The number of hydrogen-bond acceptors (Lipinski definition) is 5. The van der Waals surface area contributed by atoms with Crippen LogP contribution in [0, 0.1) is 18.8 Å². The number of rotatable bonds is 5. The third-order valence-electron chi connectivity index (χ3n) is 8.15. The Balaban J connectivity index is 0.00000351. The first-order chi connectivity index (χ1) is 22.4. The van der Waals surface area contributed by atoms with E-state index in [1.807, 2.05) is 30.5 Å². The molecule has 236 valence electrons. The third kappa shape index (κ3) is 6.07. The van der Waals surface area contributed by atoms with Crippen molar-refractivity contribution >= 4 is 68.1 Å². The van der Waals surface area contributed by atoms with E-state index in [1.54, 1.807) is 0 Å². The summed E-state index contributed by atoms with van der Waals surface area (Å²) in [6.07, 6.45) is 1.91. The van der Waals surface area contributed by atoms with E-state index in [4.69, 9.17) is 9.72 Å². The summed E-state index contributed by atoms with van der Waals surface area (Å²) in [5.74, 6) is 2.17. The summed E-state index contributed by atoms with van der Waals surface area (Å²) in [6.45, 7) is 8.81. The van der Waals surface area contributed by atoms with E-state index in [0.717, 1.165) is 34.3 Å². The van der Waals surface area contributed by atoms with Crippen molar-refractivity contribution in [2.75, 3.05) is 14.7 Å². The first-order valence-corrected chi connectivity index (χ1v) is 17.6. The number of para-hydroxylation sites is 4. The van der Waals surface area contributed by atoms with Gasteiger partial charge in [0.05, 0.1) is 0 Å². The summed E-state index contributed by atoms with van der Waals surface area (Å²) in [6, 6.07) is 49.2. The minimum atomic E-state index is -0.609. The second-order valence-electron chi connectivity index (χ2n) is 12.3. The second-order valence-corrected chi connectivity index (χ2v) is 15.4. The molecule has 0 aliphatic carbocycles. The molecule has 0 fully saturated rings. The third-order valence-corrected chi connectivity index (χ3v) is 11.3. The van der Waals surface area contributed by atoms with Crippen LogP contribution in [-0.4, -0.2) is 25.9 Å². The number of pyridine rings is 1. The molecule has 1 aromatic heterocycles. The number of ether oxygens (including phenoxy) is 1. The molecule has 0 saturated heterocycles. The van der Waals surface area contributed by atoms with Gasteiger partial charge < -0.3 is 0 Å². The molecule has 7 heteroatoms. The minimum Gasteiger partial charge on any atom is 0 e. The largest absolute Gasteiger partial charge is 0 e. The molecular formula is C40H31N4OPtTe-3. The van der Waals surface area contributed by atoms with Gasteiger partial charge in [0.2, 0.25) is 0 Å². The Morgan fingerprint density at radius 3 is 2.17 bits per heavy atom. The van der Waals surface area contributed by atoms with Crippen LogP contribution in [0.4, 0.5) is 39.9 Å². The number of nitrogens with zero attached hydrogens (tertiary/aromatic N) is 4. The fraction of sp³-hybridized carbons (Fsp3) is 0.100. The van der Waals surface area contributed by atoms with Crippen LogP contribution in [-0.2, 0) is 26.5 Å². The topological polar surface area (TPSA) is 31.8 Å². The van der Waals surface area contributed by atoms with Crippen molar-refractivity contribution in [3.63, 3.8) is 0 Å². The molecule has 6 aromatic rings. The zero-order valence-electron chi connectivity index (χ0n) is 26.1. The van der Waals surface area contributed by atoms with Gasteiger partial charge in [0.15, 0.2) is 0 Å². The van der Waals surface area contributed by atoms with Crippen molar-refractivity contribution in [1.29, 1.82) is 0 Å². The first-order valence-electron chi connectivity index (χ1n) is 15.3. The number of anilines is 7. The molecule has 2 aliphatic rings. The number of benzene rings is 5. The summed E-state index contributed by atoms with van der Waals surface area (Å²) >= 11 is -0.609. The van der Waals surface area contributed by atoms with Gasteiger partial charge in [0.25, 0.3) is 0 Å². The smallest absolute Gasteiger partial charge is 0 e. The van der Waals surface area contributed by atoms with Gasteiger partial charge in [-0.3, -0.25) is 0 Å². The Kier molecular flexibility index (Phi) is 8.62. The van der Waals surface area contributed by atoms with E-state index < -0.39 is 20.9 Å². The molecule has 47 heavy (non-hydrogen) atoms. The van der Waals surface area contributed by atoms with E-state index in [1.165, 1.54) is 18.5 Å². The monoisotopic (exact) mass is 908 g/mol. The van der Waals surface area contributed by atoms with Crippen LogP contribution in [0.3, 0.4) is 0 Å². The molecule has 0 radical (unpaired) electrons. The molecule has 8 rings (SSSR count). The molecule has 0 spiro atoms. The number of fused-ring (bicyclic) bond motifs is 3. The molecule has 5 nitrogen and oxygen atoms in total. The zero-order chi connectivity index (χ0) is 31.3. The summed E-state index contributed by atoms with van der Waals surface area (Å²) in [5.41, 5.74) is 7.62. The predicted molar refractivity (Wildman–Crippen MR) is 188 cm³/mol. The molecule has 3 heterocycles. The van der Waals surface area contributed by atoms with Crippen molar-refractivity contribution in [1.82, 2.24) is 4.98 Å². The quantitative estimate of drug-likeness (QED) is 0.128. The molecule has 0 amide bonds. The average molecular weight is 906 g/mol. The van der Waals surface area contributed by atoms with Crippen LogP contribution < -0.4 is 26.7 Å². The fourth-order valence-electron chi connectivity index (χ4n) is 5.82. The van der Waals surface area contributed by atoms with Crippen LogP contribution in [0.25, 0.3) is 0 Å². The summed E-state index contributed by atoms with van der Waals surface area (Å²) < 4.78 is 9.19. The Labute approximate surface area is 301 Å². The molecule has 0 atom stereocenters. The maximum Gasteiger partial charge on any atom is 0 e. The molecule has 0 N–H and O–H groups in total. The van der Waals surface area contributed by atoms with Crippen molar-refractivity contribution in [3.05, 3.63) is 152 Å². The van der Waals surface area contributed by atoms with E-state index >= 15 is 0 Å². The minimum absolute atomic E-state index is 0. The van der Waals surface area contributed by atoms with Crippen molar-refractivity contribution < 1.29 is 25.8 Å².